The molecule has 0 heterocycles. The second kappa shape index (κ2) is 8.19. The molecular formula is C30H46O3. The molecule has 3 heteroatoms. The van der Waals surface area contributed by atoms with Gasteiger partial charge in [0.1, 0.15) is 5.78 Å². The van der Waals surface area contributed by atoms with E-state index in [-0.39, 0.29) is 46.2 Å². The zero-order valence-electron chi connectivity index (χ0n) is 22.0. The first kappa shape index (κ1) is 24.9. The third-order valence-electron chi connectivity index (χ3n) is 10.9. The average molecular weight is 455 g/mol. The van der Waals surface area contributed by atoms with Crippen molar-refractivity contribution in [2.75, 3.05) is 6.61 Å². The molecule has 4 aliphatic rings. The number of hydrogen-bond acceptors (Lipinski definition) is 3. The van der Waals surface area contributed by atoms with Crippen molar-refractivity contribution in [3.05, 3.63) is 34.9 Å². The van der Waals surface area contributed by atoms with E-state index in [2.05, 4.69) is 66.7 Å². The molecule has 4 rings (SSSR count). The first-order valence-corrected chi connectivity index (χ1v) is 13.2. The van der Waals surface area contributed by atoms with Crippen LogP contribution >= 0.6 is 0 Å². The number of ketones is 1. The van der Waals surface area contributed by atoms with Gasteiger partial charge < -0.3 is 10.2 Å². The van der Waals surface area contributed by atoms with Gasteiger partial charge >= 0.3 is 0 Å². The largest absolute Gasteiger partial charge is 0.396 e. The summed E-state index contributed by atoms with van der Waals surface area (Å²) in [5.74, 6) is 0.690. The highest BCUT2D eigenvalue weighted by molar-refractivity contribution is 5.87. The molecule has 0 aromatic rings. The molecule has 0 unspecified atom stereocenters. The Labute approximate surface area is 201 Å². The minimum Gasteiger partial charge on any atom is -0.396 e. The Kier molecular flexibility index (Phi) is 6.19. The van der Waals surface area contributed by atoms with Crippen LogP contribution in [0, 0.1) is 39.4 Å². The zero-order valence-corrected chi connectivity index (χ0v) is 22.0. The second-order valence-electron chi connectivity index (χ2n) is 13.2. The van der Waals surface area contributed by atoms with Crippen molar-refractivity contribution < 1.29 is 15.0 Å². The molecule has 0 aromatic heterocycles. The van der Waals surface area contributed by atoms with Crippen molar-refractivity contribution in [3.8, 4) is 0 Å². The van der Waals surface area contributed by atoms with Gasteiger partial charge in [0.2, 0.25) is 0 Å². The molecule has 7 atom stereocenters. The minimum atomic E-state index is -0.251. The molecule has 0 aliphatic heterocycles. The monoisotopic (exact) mass is 454 g/mol. The van der Waals surface area contributed by atoms with E-state index in [4.69, 9.17) is 0 Å². The van der Waals surface area contributed by atoms with Gasteiger partial charge in [-0.2, -0.15) is 0 Å². The maximum Gasteiger partial charge on any atom is 0.137 e. The third-order valence-corrected chi connectivity index (χ3v) is 10.9. The van der Waals surface area contributed by atoms with Crippen molar-refractivity contribution in [2.45, 2.75) is 99.5 Å². The quantitative estimate of drug-likeness (QED) is 0.472. The molecule has 0 aromatic carbocycles. The predicted molar refractivity (Wildman–Crippen MR) is 135 cm³/mol. The van der Waals surface area contributed by atoms with Crippen molar-refractivity contribution >= 4 is 5.78 Å². The fraction of sp³-hybridized carbons (Fsp3) is 0.767. The predicted octanol–water partition coefficient (Wildman–Crippen LogP) is 6.41. The summed E-state index contributed by atoms with van der Waals surface area (Å²) in [6, 6.07) is 0. The van der Waals surface area contributed by atoms with Crippen LogP contribution in [0.25, 0.3) is 0 Å². The van der Waals surface area contributed by atoms with E-state index >= 15 is 0 Å². The van der Waals surface area contributed by atoms with Gasteiger partial charge in [-0.05, 0) is 91.6 Å². The Morgan fingerprint density at radius 2 is 1.85 bits per heavy atom. The summed E-state index contributed by atoms with van der Waals surface area (Å²) < 4.78 is 0. The Hall–Kier alpha value is -1.19. The molecule has 0 radical (unpaired) electrons. The zero-order chi connectivity index (χ0) is 24.4. The first-order chi connectivity index (χ1) is 15.3. The number of allylic oxidation sites excluding steroid dienone is 6. The summed E-state index contributed by atoms with van der Waals surface area (Å²) in [5.41, 5.74) is 3.75. The van der Waals surface area contributed by atoms with Crippen LogP contribution in [0.4, 0.5) is 0 Å². The van der Waals surface area contributed by atoms with E-state index < -0.39 is 0 Å². The molecule has 33 heavy (non-hydrogen) atoms. The number of aliphatic hydroxyl groups is 2. The maximum absolute atomic E-state index is 13.6. The van der Waals surface area contributed by atoms with Gasteiger partial charge in [-0.15, -0.1) is 0 Å². The highest BCUT2D eigenvalue weighted by Gasteiger charge is 2.65. The van der Waals surface area contributed by atoms with E-state index in [1.54, 1.807) is 0 Å². The molecule has 2 N–H and O–H groups in total. The number of carbonyl (C=O) groups excluding carboxylic acids is 1. The van der Waals surface area contributed by atoms with Crippen LogP contribution in [-0.4, -0.2) is 28.7 Å². The van der Waals surface area contributed by atoms with Crippen molar-refractivity contribution in [1.29, 1.82) is 0 Å². The van der Waals surface area contributed by atoms with E-state index in [1.165, 1.54) is 16.7 Å². The topological polar surface area (TPSA) is 57.5 Å². The summed E-state index contributed by atoms with van der Waals surface area (Å²) in [6.07, 6.45) is 13.0. The minimum absolute atomic E-state index is 0.0196. The molecule has 3 nitrogen and oxygen atoms in total. The fourth-order valence-electron chi connectivity index (χ4n) is 8.60. The SMILES string of the molecule is CC(C)=CCC[C@@H](CO)[C@H]1C(=O)C[C@@]2(C)C3=CC[C@H]4C(C)(C)[C@@H](O)CC[C@]4(C)C3=CC[C@]12C. The lowest BCUT2D eigenvalue weighted by atomic mass is 9.44. The second-order valence-corrected chi connectivity index (χ2v) is 13.2. The van der Waals surface area contributed by atoms with Crippen LogP contribution in [0.1, 0.15) is 93.4 Å². The van der Waals surface area contributed by atoms with Crippen LogP contribution in [-0.2, 0) is 4.79 Å². The van der Waals surface area contributed by atoms with Gasteiger partial charge in [0, 0.05) is 24.4 Å². The highest BCUT2D eigenvalue weighted by Crippen LogP contribution is 2.71. The van der Waals surface area contributed by atoms with E-state index in [0.29, 0.717) is 18.1 Å². The van der Waals surface area contributed by atoms with Gasteiger partial charge in [0.05, 0.1) is 6.10 Å². The standard InChI is InChI=1S/C30H46O3/c1-19(2)9-8-10-20(18-31)26-23(32)17-30(7)22-11-12-24-27(3,4)25(33)14-15-28(24,5)21(22)13-16-29(26,30)6/h9,11,13,20,24-26,31,33H,8,10,12,14-18H2,1-7H3/t20-,24-,25-,26-,28+,29+,30-/m0/s1. The van der Waals surface area contributed by atoms with Crippen molar-refractivity contribution in [1.82, 2.24) is 0 Å². The lowest BCUT2D eigenvalue weighted by molar-refractivity contribution is -0.125. The van der Waals surface area contributed by atoms with Crippen molar-refractivity contribution in [2.24, 2.45) is 39.4 Å². The van der Waals surface area contributed by atoms with Crippen LogP contribution in [0.5, 0.6) is 0 Å². The molecular weight excluding hydrogens is 408 g/mol. The van der Waals surface area contributed by atoms with Crippen LogP contribution in [0.3, 0.4) is 0 Å². The number of hydrogen-bond donors (Lipinski definition) is 2. The lowest BCUT2D eigenvalue weighted by Gasteiger charge is -2.60. The van der Waals surface area contributed by atoms with Crippen LogP contribution < -0.4 is 0 Å². The van der Waals surface area contributed by atoms with Gasteiger partial charge in [0.25, 0.3) is 0 Å². The summed E-state index contributed by atoms with van der Waals surface area (Å²) >= 11 is 0. The first-order valence-electron chi connectivity index (χ1n) is 13.2. The Balaban J connectivity index is 1.72. The van der Waals surface area contributed by atoms with E-state index in [9.17, 15) is 15.0 Å². The Morgan fingerprint density at radius 3 is 2.48 bits per heavy atom. The summed E-state index contributed by atoms with van der Waals surface area (Å²) in [5, 5.41) is 21.1. The molecule has 0 saturated heterocycles. The van der Waals surface area contributed by atoms with Gasteiger partial charge in [-0.3, -0.25) is 4.79 Å². The summed E-state index contributed by atoms with van der Waals surface area (Å²) in [7, 11) is 0. The molecule has 0 bridgehead atoms. The van der Waals surface area contributed by atoms with E-state index in [0.717, 1.165) is 38.5 Å². The molecule has 0 spiro atoms. The number of rotatable bonds is 5. The van der Waals surface area contributed by atoms with Gasteiger partial charge in [0.15, 0.2) is 0 Å². The third kappa shape index (κ3) is 3.47. The fourth-order valence-corrected chi connectivity index (χ4v) is 8.60. The van der Waals surface area contributed by atoms with E-state index in [1.807, 2.05) is 0 Å². The Morgan fingerprint density at radius 1 is 1.15 bits per heavy atom. The van der Waals surface area contributed by atoms with Crippen molar-refractivity contribution in [3.63, 3.8) is 0 Å². The van der Waals surface area contributed by atoms with Gasteiger partial charge in [-0.25, -0.2) is 0 Å². The normalized spacial score (nSPS) is 42.5. The lowest BCUT2D eigenvalue weighted by Crippen LogP contribution is -2.54. The molecule has 0 amide bonds. The molecule has 184 valence electrons. The number of fused-ring (bicyclic) bond motifs is 5. The van der Waals surface area contributed by atoms with Crippen LogP contribution in [0.2, 0.25) is 0 Å². The number of Topliss-reactive ketones (excluding diaryl/α,β-unsaturated/α-hetero) is 1. The number of aliphatic hydroxyl groups excluding tert-OH is 2. The Bertz CT molecular complexity index is 904. The maximum atomic E-state index is 13.6. The number of carbonyl (C=O) groups is 1. The molecule has 4 aliphatic carbocycles. The smallest absolute Gasteiger partial charge is 0.137 e. The molecule has 2 fully saturated rings. The highest BCUT2D eigenvalue weighted by atomic mass is 16.3. The summed E-state index contributed by atoms with van der Waals surface area (Å²) in [6.45, 7) is 15.8. The van der Waals surface area contributed by atoms with Gasteiger partial charge in [-0.1, -0.05) is 58.4 Å². The average Bonchev–Trinajstić information content (AvgIpc) is 2.94. The van der Waals surface area contributed by atoms with Crippen LogP contribution in [0.15, 0.2) is 34.9 Å². The molecule has 2 saturated carbocycles. The summed E-state index contributed by atoms with van der Waals surface area (Å²) in [4.78, 5) is 13.6.